The molecule has 0 spiro atoms. The van der Waals surface area contributed by atoms with Crippen LogP contribution in [0, 0.1) is 29.1 Å². The van der Waals surface area contributed by atoms with Crippen molar-refractivity contribution in [2.45, 2.75) is 174 Å². The maximum Gasteiger partial charge on any atom is 0.356 e. The standard InChI is InChI=1S/C78H100N16O18.CH4/c1-44(2)70(81)74(107)91-60(36-49-20-19-48-14-7-8-16-56(48)49)67(101)39-52(41-95)73(106)89-58(25-28-68(80)102)65(99)37-50(15-9-10-30-79)71(104)88-57(17-11-31-85-76(82)83)66(100)38-51(35-53-40-84-43-86-53)72(105)90-59(32-46-12-5-4-6-13-46)63(97)27-29-69(103)87-61(75(108)109)33-47-18-26-64(98)62(34-47)94-78(111)93(77(110)92-94)54-21-23-55(24-22-54)112-42-45(3)96;/h4-8,12-14,16,18,20-24,26,34,40,43-44,50-52,57-61,70,95,98H,9-11,15,17,19,25,27-33,35-39,41-42,79,81H2,1-3H3,(H2,80,102)(H,84,86)(H,87,103)(H,88,104)(H,89,106)(H,90,105)(H,91,107)(H,92,110)(H,108,109)(H4,82,83,85);1H4. The molecule has 2 heterocycles. The number of aromatic amines is 2. The number of Topliss-reactive ketones (excluding diaryl/α,β-unsaturated/α-hetero) is 5. The van der Waals surface area contributed by atoms with Gasteiger partial charge in [-0.15, -0.1) is 0 Å². The quantitative estimate of drug-likeness (QED) is 0.0147. The number of ketones is 5. The summed E-state index contributed by atoms with van der Waals surface area (Å²) in [5.41, 5.74) is 24.9. The molecule has 34 nitrogen and oxygen atoms in total. The number of aromatic hydroxyl groups is 1. The van der Waals surface area contributed by atoms with Gasteiger partial charge < -0.3 is 79.9 Å². The topological polar surface area (TPSA) is 563 Å². The first-order valence-electron chi connectivity index (χ1n) is 37.0. The number of guanidine groups is 1. The molecular weight excluding hydrogens is 1460 g/mol. The number of primary amides is 1. The number of allylic oxidation sites excluding steroid dienone is 1. The molecule has 7 rings (SSSR count). The highest BCUT2D eigenvalue weighted by molar-refractivity contribution is 5.99. The Kier molecular flexibility index (Phi) is 35.1. The average Bonchev–Trinajstić information content (AvgIpc) is 1.64. The highest BCUT2D eigenvalue weighted by atomic mass is 16.5. The predicted octanol–water partition coefficient (Wildman–Crippen LogP) is 1.62. The van der Waals surface area contributed by atoms with E-state index in [0.717, 1.165) is 32.0 Å². The zero-order valence-corrected chi connectivity index (χ0v) is 62.7. The number of carboxylic acid groups (broad SMARTS) is 1. The second-order valence-corrected chi connectivity index (χ2v) is 28.1. The fourth-order valence-electron chi connectivity index (χ4n) is 12.8. The Bertz CT molecular complexity index is 4480. The number of phenolic OH excluding ortho intramolecular Hbond substituents is 1. The summed E-state index contributed by atoms with van der Waals surface area (Å²) < 4.78 is 6.86. The molecule has 6 aromatic rings. The van der Waals surface area contributed by atoms with Crippen LogP contribution >= 0.6 is 0 Å². The second-order valence-electron chi connectivity index (χ2n) is 28.1. The van der Waals surface area contributed by atoms with Crippen molar-refractivity contribution in [3.05, 3.63) is 165 Å². The number of aliphatic hydroxyl groups is 1. The molecule has 0 saturated heterocycles. The summed E-state index contributed by atoms with van der Waals surface area (Å²) in [4.78, 5) is 200. The van der Waals surface area contributed by atoms with Crippen LogP contribution in [0.3, 0.4) is 0 Å². The van der Waals surface area contributed by atoms with Crippen LogP contribution in [0.15, 0.2) is 125 Å². The van der Waals surface area contributed by atoms with Gasteiger partial charge in [0.15, 0.2) is 34.9 Å². The number of carbonyl (C=O) groups excluding carboxylic acids is 11. The Hall–Kier alpha value is -12.0. The van der Waals surface area contributed by atoms with E-state index in [-0.39, 0.29) is 113 Å². The van der Waals surface area contributed by atoms with Crippen LogP contribution < -0.4 is 71.0 Å². The van der Waals surface area contributed by atoms with E-state index >= 15 is 0 Å². The number of unbranched alkanes of at least 4 members (excludes halogenated alkanes) is 1. The normalized spacial score (nSPS) is 14.0. The van der Waals surface area contributed by atoms with Gasteiger partial charge in [-0.2, -0.15) is 4.68 Å². The number of nitrogens with zero attached hydrogens (tertiary/aromatic N) is 3. The van der Waals surface area contributed by atoms with Crippen molar-refractivity contribution >= 4 is 81.9 Å². The van der Waals surface area contributed by atoms with Gasteiger partial charge in [-0.05, 0) is 129 Å². The molecule has 0 bridgehead atoms. The average molecular weight is 1570 g/mol. The van der Waals surface area contributed by atoms with Gasteiger partial charge in [0.1, 0.15) is 29.8 Å². The number of phenols is 1. The fourth-order valence-corrected chi connectivity index (χ4v) is 12.8. The van der Waals surface area contributed by atoms with Crippen LogP contribution in [0.1, 0.15) is 140 Å². The molecule has 6 amide bonds. The Morgan fingerprint density at radius 1 is 0.655 bits per heavy atom. The molecule has 2 aromatic heterocycles. The first kappa shape index (κ1) is 89.8. The number of rotatable bonds is 49. The highest BCUT2D eigenvalue weighted by Gasteiger charge is 2.37. The molecule has 0 fully saturated rings. The molecule has 1 aliphatic carbocycles. The summed E-state index contributed by atoms with van der Waals surface area (Å²) in [7, 11) is 0. The number of aliphatic carboxylic acids is 1. The van der Waals surface area contributed by atoms with Crippen molar-refractivity contribution in [3.63, 3.8) is 0 Å². The van der Waals surface area contributed by atoms with Crippen molar-refractivity contribution in [1.82, 2.24) is 56.2 Å². The van der Waals surface area contributed by atoms with Gasteiger partial charge in [-0.25, -0.2) is 29.0 Å². The molecule has 34 heteroatoms. The third-order valence-electron chi connectivity index (χ3n) is 19.1. The summed E-state index contributed by atoms with van der Waals surface area (Å²) in [6.07, 6.45) is 1.59. The van der Waals surface area contributed by atoms with E-state index in [2.05, 4.69) is 47.0 Å². The van der Waals surface area contributed by atoms with Crippen LogP contribution in [0.4, 0.5) is 0 Å². The smallest absolute Gasteiger partial charge is 0.356 e. The first-order valence-corrected chi connectivity index (χ1v) is 37.0. The number of carboxylic acids is 1. The van der Waals surface area contributed by atoms with Crippen LogP contribution in [0.5, 0.6) is 11.5 Å². The lowest BCUT2D eigenvalue weighted by Crippen LogP contribution is -2.51. The van der Waals surface area contributed by atoms with E-state index in [0.29, 0.717) is 24.1 Å². The maximum absolute atomic E-state index is 15.0. The Morgan fingerprint density at radius 2 is 1.27 bits per heavy atom. The first-order chi connectivity index (χ1) is 53.4. The van der Waals surface area contributed by atoms with E-state index in [1.165, 1.54) is 55.8 Å². The summed E-state index contributed by atoms with van der Waals surface area (Å²) in [5, 5.41) is 57.9. The van der Waals surface area contributed by atoms with Gasteiger partial charge in [-0.1, -0.05) is 94.4 Å². The van der Waals surface area contributed by atoms with Crippen molar-refractivity contribution in [2.75, 3.05) is 26.3 Å². The number of imidazole rings is 1. The number of hydrogen-bond acceptors (Lipinski definition) is 21. The number of H-pyrrole nitrogens is 2. The monoisotopic (exact) mass is 1560 g/mol. The Labute approximate surface area is 652 Å². The minimum absolute atomic E-state index is 0. The zero-order chi connectivity index (χ0) is 81.7. The van der Waals surface area contributed by atoms with E-state index in [1.807, 2.05) is 30.3 Å². The van der Waals surface area contributed by atoms with Gasteiger partial charge in [-0.3, -0.25) is 58.1 Å². The molecule has 1 aliphatic rings. The summed E-state index contributed by atoms with van der Waals surface area (Å²) in [5.74, 6) is -14.3. The van der Waals surface area contributed by atoms with Crippen LogP contribution in [0.25, 0.3) is 16.9 Å². The number of aliphatic hydroxyl groups excluding tert-OH is 1. The largest absolute Gasteiger partial charge is 0.506 e. The van der Waals surface area contributed by atoms with E-state index < -0.39 is 193 Å². The minimum atomic E-state index is -1.65. The number of ether oxygens (including phenoxy) is 1. The number of aromatic nitrogens is 5. The lowest BCUT2D eigenvalue weighted by atomic mass is 9.88. The van der Waals surface area contributed by atoms with Gasteiger partial charge in [0.2, 0.25) is 35.4 Å². The molecule has 0 saturated carbocycles. The molecule has 20 N–H and O–H groups in total. The third-order valence-corrected chi connectivity index (χ3v) is 19.1. The molecule has 113 heavy (non-hydrogen) atoms. The van der Waals surface area contributed by atoms with Gasteiger partial charge in [0.25, 0.3) is 0 Å². The van der Waals surface area contributed by atoms with Crippen LogP contribution in [0.2, 0.25) is 0 Å². The summed E-state index contributed by atoms with van der Waals surface area (Å²) >= 11 is 0. The Morgan fingerprint density at radius 3 is 1.90 bits per heavy atom. The predicted molar refractivity (Wildman–Crippen MR) is 417 cm³/mol. The lowest BCUT2D eigenvalue weighted by molar-refractivity contribution is -0.142. The fraction of sp³-hybridized carbons (Fsp3) is 0.443. The zero-order valence-electron chi connectivity index (χ0n) is 62.7. The Balaban J connectivity index is 0.0000199. The van der Waals surface area contributed by atoms with E-state index in [9.17, 15) is 82.4 Å². The number of nitrogens with two attached hydrogens (primary N) is 4. The van der Waals surface area contributed by atoms with E-state index in [4.69, 9.17) is 33.1 Å². The number of fused-ring (bicyclic) bond motifs is 1. The second kappa shape index (κ2) is 44.1. The molecule has 608 valence electrons. The van der Waals surface area contributed by atoms with Crippen LogP contribution in [-0.4, -0.2) is 178 Å². The van der Waals surface area contributed by atoms with E-state index in [1.54, 1.807) is 44.2 Å². The number of benzene rings is 4. The third kappa shape index (κ3) is 27.4. The van der Waals surface area contributed by atoms with Crippen molar-refractivity contribution in [2.24, 2.45) is 46.6 Å². The van der Waals surface area contributed by atoms with Crippen molar-refractivity contribution in [3.8, 4) is 22.9 Å². The van der Waals surface area contributed by atoms with Crippen molar-refractivity contribution in [1.29, 1.82) is 5.41 Å². The van der Waals surface area contributed by atoms with Gasteiger partial charge in [0, 0.05) is 76.4 Å². The number of nitrogens with one attached hydrogen (secondary N) is 9. The van der Waals surface area contributed by atoms with Gasteiger partial charge >= 0.3 is 17.3 Å². The molecule has 9 atom stereocenters. The highest BCUT2D eigenvalue weighted by Crippen LogP contribution is 2.32. The number of carbonyl (C=O) groups is 12. The molecule has 0 aliphatic heterocycles. The number of hydrogen-bond donors (Lipinski definition) is 16. The summed E-state index contributed by atoms with van der Waals surface area (Å²) in [6.45, 7) is 3.95. The molecule has 4 aromatic carbocycles. The maximum atomic E-state index is 15.0. The molecule has 0 radical (unpaired) electrons. The number of amides is 6. The van der Waals surface area contributed by atoms with Crippen LogP contribution in [-0.2, 0) is 83.2 Å². The van der Waals surface area contributed by atoms with Crippen molar-refractivity contribution < 1.29 is 77.6 Å². The molecular formula is C79H104N16O18. The van der Waals surface area contributed by atoms with Gasteiger partial charge in [0.05, 0.1) is 66.4 Å². The SMILES string of the molecule is C.CC(=O)COc1ccc(-n2c(=O)[nH]n(-c3cc(CC(NC(=O)CCC(=O)C(Cc4ccccc4)NC(=O)C(CC(=O)C(CCCNC(=N)N)NC(=O)C(CCCCN)CC(=O)C(CCC(N)=O)NC(=O)C(CO)CC(=O)C(CC4=CCc5ccccc54)NC(=O)C(N)C(C)C)Cc4c[nH]cn4)C(=O)O)ccc3O)c2=O)cc1. The summed E-state index contributed by atoms with van der Waals surface area (Å²) in [6, 6.07) is 17.3. The minimum Gasteiger partial charge on any atom is -0.506 e. The lowest BCUT2D eigenvalue weighted by Gasteiger charge is -2.26. The molecule has 9 unspecified atom stereocenters.